The number of likely N-dealkylation sites (N-methyl/N-ethyl adjacent to an activating group) is 1. The normalized spacial score (nSPS) is 13.1. The van der Waals surface area contributed by atoms with Gasteiger partial charge in [0.1, 0.15) is 17.2 Å². The molecular formula is C20H19N3O5. The first-order valence-corrected chi connectivity index (χ1v) is 8.78. The number of hydrogen-bond acceptors (Lipinski definition) is 7. The van der Waals surface area contributed by atoms with Gasteiger partial charge in [-0.1, -0.05) is 5.16 Å². The highest BCUT2D eigenvalue weighted by atomic mass is 16.5. The predicted octanol–water partition coefficient (Wildman–Crippen LogP) is 3.17. The molecule has 144 valence electrons. The van der Waals surface area contributed by atoms with Gasteiger partial charge in [-0.2, -0.15) is 4.98 Å². The minimum Gasteiger partial charge on any atom is -0.497 e. The van der Waals surface area contributed by atoms with E-state index in [9.17, 15) is 4.79 Å². The minimum atomic E-state index is -0.0797. The number of benzene rings is 2. The highest BCUT2D eigenvalue weighted by molar-refractivity contribution is 5.98. The van der Waals surface area contributed by atoms with Gasteiger partial charge in [0.2, 0.25) is 5.82 Å². The maximum atomic E-state index is 12.1. The Bertz CT molecular complexity index is 1030. The fourth-order valence-electron chi connectivity index (χ4n) is 3.11. The second-order valence-corrected chi connectivity index (χ2v) is 6.10. The fourth-order valence-corrected chi connectivity index (χ4v) is 3.11. The Hall–Kier alpha value is -3.55. The summed E-state index contributed by atoms with van der Waals surface area (Å²) >= 11 is 0. The van der Waals surface area contributed by atoms with E-state index in [0.29, 0.717) is 46.8 Å². The van der Waals surface area contributed by atoms with Crippen LogP contribution in [0.15, 0.2) is 40.9 Å². The van der Waals surface area contributed by atoms with E-state index in [-0.39, 0.29) is 12.5 Å². The van der Waals surface area contributed by atoms with Crippen molar-refractivity contribution in [1.82, 2.24) is 10.1 Å². The number of amides is 1. The zero-order chi connectivity index (χ0) is 19.7. The van der Waals surface area contributed by atoms with Gasteiger partial charge in [-0.05, 0) is 37.3 Å². The van der Waals surface area contributed by atoms with E-state index < -0.39 is 0 Å². The number of hydrogen-bond donors (Lipinski definition) is 0. The molecule has 3 aromatic rings. The van der Waals surface area contributed by atoms with Crippen LogP contribution in [0, 0.1) is 0 Å². The molecule has 1 aliphatic heterocycles. The SMILES string of the molecule is CCN1C(=O)COc2ccc(-c3noc(-c4ccc(OC)cc4OC)n3)cc21. The average molecular weight is 381 g/mol. The van der Waals surface area contributed by atoms with E-state index in [1.807, 2.05) is 25.1 Å². The molecule has 8 heteroatoms. The molecule has 0 N–H and O–H groups in total. The van der Waals surface area contributed by atoms with Gasteiger partial charge in [0, 0.05) is 18.2 Å². The maximum absolute atomic E-state index is 12.1. The molecule has 8 nitrogen and oxygen atoms in total. The summed E-state index contributed by atoms with van der Waals surface area (Å²) < 4.78 is 21.6. The van der Waals surface area contributed by atoms with Crippen molar-refractivity contribution < 1.29 is 23.5 Å². The molecule has 0 spiro atoms. The Morgan fingerprint density at radius 1 is 1.14 bits per heavy atom. The standard InChI is InChI=1S/C20H19N3O5/c1-4-23-15-9-12(5-8-16(15)27-11-18(23)24)19-21-20(28-22-19)14-7-6-13(25-2)10-17(14)26-3/h5-10H,4,11H2,1-3H3. The molecule has 0 saturated heterocycles. The Balaban J connectivity index is 1.71. The third-order valence-corrected chi connectivity index (χ3v) is 4.54. The van der Waals surface area contributed by atoms with Crippen LogP contribution in [-0.2, 0) is 4.79 Å². The number of aromatic nitrogens is 2. The van der Waals surface area contributed by atoms with E-state index in [1.54, 1.807) is 37.3 Å². The first-order chi connectivity index (χ1) is 13.6. The van der Waals surface area contributed by atoms with Crippen molar-refractivity contribution in [3.63, 3.8) is 0 Å². The second-order valence-electron chi connectivity index (χ2n) is 6.10. The molecular weight excluding hydrogens is 362 g/mol. The highest BCUT2D eigenvalue weighted by Crippen LogP contribution is 2.37. The van der Waals surface area contributed by atoms with Crippen LogP contribution in [0.5, 0.6) is 17.2 Å². The zero-order valence-corrected chi connectivity index (χ0v) is 15.8. The maximum Gasteiger partial charge on any atom is 0.265 e. The molecule has 0 bridgehead atoms. The fraction of sp³-hybridized carbons (Fsp3) is 0.250. The molecule has 1 aromatic heterocycles. The van der Waals surface area contributed by atoms with Crippen LogP contribution in [0.4, 0.5) is 5.69 Å². The van der Waals surface area contributed by atoms with Crippen molar-refractivity contribution in [2.24, 2.45) is 0 Å². The predicted molar refractivity (Wildman–Crippen MR) is 102 cm³/mol. The number of methoxy groups -OCH3 is 2. The van der Waals surface area contributed by atoms with Crippen LogP contribution in [-0.4, -0.2) is 43.4 Å². The summed E-state index contributed by atoms with van der Waals surface area (Å²) in [6, 6.07) is 10.8. The highest BCUT2D eigenvalue weighted by Gasteiger charge is 2.25. The molecule has 4 rings (SSSR count). The summed E-state index contributed by atoms with van der Waals surface area (Å²) in [4.78, 5) is 18.2. The van der Waals surface area contributed by atoms with Gasteiger partial charge >= 0.3 is 0 Å². The molecule has 0 unspecified atom stereocenters. The Kier molecular flexibility index (Phi) is 4.60. The van der Waals surface area contributed by atoms with Gasteiger partial charge in [-0.15, -0.1) is 0 Å². The average Bonchev–Trinajstić information content (AvgIpc) is 3.22. The first-order valence-electron chi connectivity index (χ1n) is 8.78. The van der Waals surface area contributed by atoms with E-state index >= 15 is 0 Å². The van der Waals surface area contributed by atoms with Crippen molar-refractivity contribution in [2.45, 2.75) is 6.92 Å². The lowest BCUT2D eigenvalue weighted by Crippen LogP contribution is -2.38. The quantitative estimate of drug-likeness (QED) is 0.671. The lowest BCUT2D eigenvalue weighted by atomic mass is 10.1. The Labute approximate surface area is 161 Å². The summed E-state index contributed by atoms with van der Waals surface area (Å²) in [6.45, 7) is 2.52. The third-order valence-electron chi connectivity index (χ3n) is 4.54. The van der Waals surface area contributed by atoms with Crippen LogP contribution >= 0.6 is 0 Å². The second kappa shape index (κ2) is 7.22. The number of carbonyl (C=O) groups excluding carboxylic acids is 1. The van der Waals surface area contributed by atoms with Crippen LogP contribution in [0.3, 0.4) is 0 Å². The summed E-state index contributed by atoms with van der Waals surface area (Å²) in [5, 5.41) is 4.08. The zero-order valence-electron chi connectivity index (χ0n) is 15.8. The smallest absolute Gasteiger partial charge is 0.265 e. The van der Waals surface area contributed by atoms with Crippen LogP contribution in [0.1, 0.15) is 6.92 Å². The molecule has 1 amide bonds. The number of nitrogens with zero attached hydrogens (tertiary/aromatic N) is 3. The molecule has 1 aliphatic rings. The Morgan fingerprint density at radius 2 is 2.00 bits per heavy atom. The summed E-state index contributed by atoms with van der Waals surface area (Å²) in [5.74, 6) is 2.54. The number of ether oxygens (including phenoxy) is 3. The number of rotatable bonds is 5. The van der Waals surface area contributed by atoms with Crippen molar-refractivity contribution in [1.29, 1.82) is 0 Å². The van der Waals surface area contributed by atoms with Gasteiger partial charge in [0.15, 0.2) is 6.61 Å². The third kappa shape index (κ3) is 3.02. The van der Waals surface area contributed by atoms with Crippen LogP contribution in [0.25, 0.3) is 22.8 Å². The topological polar surface area (TPSA) is 86.9 Å². The minimum absolute atomic E-state index is 0.0454. The molecule has 0 fully saturated rings. The van der Waals surface area contributed by atoms with E-state index in [4.69, 9.17) is 18.7 Å². The summed E-state index contributed by atoms with van der Waals surface area (Å²) in [5.41, 5.74) is 2.08. The lowest BCUT2D eigenvalue weighted by Gasteiger charge is -2.28. The lowest BCUT2D eigenvalue weighted by molar-refractivity contribution is -0.121. The van der Waals surface area contributed by atoms with E-state index in [2.05, 4.69) is 10.1 Å². The number of anilines is 1. The van der Waals surface area contributed by atoms with Crippen molar-refractivity contribution >= 4 is 11.6 Å². The Morgan fingerprint density at radius 3 is 2.75 bits per heavy atom. The monoisotopic (exact) mass is 381 g/mol. The van der Waals surface area contributed by atoms with Gasteiger partial charge in [0.25, 0.3) is 11.8 Å². The van der Waals surface area contributed by atoms with Crippen LogP contribution < -0.4 is 19.1 Å². The molecule has 0 saturated carbocycles. The van der Waals surface area contributed by atoms with Crippen molar-refractivity contribution in [2.75, 3.05) is 32.3 Å². The summed E-state index contributed by atoms with van der Waals surface area (Å²) in [7, 11) is 3.15. The van der Waals surface area contributed by atoms with Gasteiger partial charge in [-0.3, -0.25) is 4.79 Å². The molecule has 0 aliphatic carbocycles. The van der Waals surface area contributed by atoms with Gasteiger partial charge in [-0.25, -0.2) is 0 Å². The van der Waals surface area contributed by atoms with E-state index in [1.165, 1.54) is 0 Å². The molecule has 28 heavy (non-hydrogen) atoms. The van der Waals surface area contributed by atoms with Crippen LogP contribution in [0.2, 0.25) is 0 Å². The molecule has 2 aromatic carbocycles. The van der Waals surface area contributed by atoms with Crippen molar-refractivity contribution in [3.8, 4) is 40.1 Å². The van der Waals surface area contributed by atoms with Crippen molar-refractivity contribution in [3.05, 3.63) is 36.4 Å². The van der Waals surface area contributed by atoms with Gasteiger partial charge in [0.05, 0.1) is 25.5 Å². The molecule has 2 heterocycles. The van der Waals surface area contributed by atoms with E-state index in [0.717, 1.165) is 5.56 Å². The first kappa shape index (κ1) is 17.8. The number of carbonyl (C=O) groups is 1. The van der Waals surface area contributed by atoms with Gasteiger partial charge < -0.3 is 23.6 Å². The molecule has 0 radical (unpaired) electrons. The largest absolute Gasteiger partial charge is 0.497 e. The molecule has 0 atom stereocenters. The summed E-state index contributed by atoms with van der Waals surface area (Å²) in [6.07, 6.45) is 0. The number of fused-ring (bicyclic) bond motifs is 1.